The number of hydrogen-bond donors (Lipinski definition) is 2. The van der Waals surface area contributed by atoms with Crippen molar-refractivity contribution in [3.63, 3.8) is 0 Å². The Bertz CT molecular complexity index is 836. The SMILES string of the molecule is N#Cc1cccc(NC(=O)c2ccc(NCCC3=CCCCC3)nn2)c1. The quantitative estimate of drug-likeness (QED) is 0.773. The smallest absolute Gasteiger partial charge is 0.276 e. The van der Waals surface area contributed by atoms with Gasteiger partial charge in [0.2, 0.25) is 0 Å². The lowest BCUT2D eigenvalue weighted by Crippen LogP contribution is -2.15. The van der Waals surface area contributed by atoms with Crippen molar-refractivity contribution < 1.29 is 4.79 Å². The number of hydrogen-bond acceptors (Lipinski definition) is 5. The molecule has 132 valence electrons. The second kappa shape index (κ2) is 8.77. The van der Waals surface area contributed by atoms with Crippen molar-refractivity contribution in [1.29, 1.82) is 5.26 Å². The lowest BCUT2D eigenvalue weighted by atomic mass is 9.97. The number of rotatable bonds is 6. The third-order valence-electron chi connectivity index (χ3n) is 4.28. The van der Waals surface area contributed by atoms with Gasteiger partial charge in [0.25, 0.3) is 5.91 Å². The lowest BCUT2D eigenvalue weighted by molar-refractivity contribution is 0.102. The first-order chi connectivity index (χ1) is 12.7. The van der Waals surface area contributed by atoms with Crippen LogP contribution in [-0.2, 0) is 0 Å². The van der Waals surface area contributed by atoms with E-state index in [4.69, 9.17) is 5.26 Å². The number of carbonyl (C=O) groups excluding carboxylic acids is 1. The normalized spacial score (nSPS) is 13.4. The molecule has 0 atom stereocenters. The van der Waals surface area contributed by atoms with Crippen molar-refractivity contribution in [2.45, 2.75) is 32.1 Å². The van der Waals surface area contributed by atoms with Gasteiger partial charge in [0.15, 0.2) is 5.69 Å². The van der Waals surface area contributed by atoms with Crippen LogP contribution in [0.2, 0.25) is 0 Å². The summed E-state index contributed by atoms with van der Waals surface area (Å²) in [6.45, 7) is 0.813. The maximum atomic E-state index is 12.2. The molecule has 26 heavy (non-hydrogen) atoms. The molecular formula is C20H21N5O. The fourth-order valence-corrected chi connectivity index (χ4v) is 2.89. The summed E-state index contributed by atoms with van der Waals surface area (Å²) in [5.74, 6) is 0.302. The highest BCUT2D eigenvalue weighted by molar-refractivity contribution is 6.02. The molecule has 6 heteroatoms. The highest BCUT2D eigenvalue weighted by Crippen LogP contribution is 2.20. The van der Waals surface area contributed by atoms with Gasteiger partial charge in [-0.15, -0.1) is 10.2 Å². The van der Waals surface area contributed by atoms with Gasteiger partial charge < -0.3 is 10.6 Å². The molecule has 0 bridgehead atoms. The van der Waals surface area contributed by atoms with Gasteiger partial charge in [-0.05, 0) is 62.4 Å². The summed E-state index contributed by atoms with van der Waals surface area (Å²) in [4.78, 5) is 12.2. The summed E-state index contributed by atoms with van der Waals surface area (Å²) in [5.41, 5.74) is 2.78. The average molecular weight is 347 g/mol. The van der Waals surface area contributed by atoms with Crippen LogP contribution < -0.4 is 10.6 Å². The fourth-order valence-electron chi connectivity index (χ4n) is 2.89. The van der Waals surface area contributed by atoms with Gasteiger partial charge in [0.05, 0.1) is 11.6 Å². The molecule has 2 N–H and O–H groups in total. The summed E-state index contributed by atoms with van der Waals surface area (Å²) in [5, 5.41) is 22.9. The molecule has 2 aromatic rings. The number of nitrogens with zero attached hydrogens (tertiary/aromatic N) is 3. The molecule has 1 heterocycles. The number of nitrogens with one attached hydrogen (secondary N) is 2. The van der Waals surface area contributed by atoms with Crippen LogP contribution in [0.3, 0.4) is 0 Å². The maximum absolute atomic E-state index is 12.2. The Balaban J connectivity index is 1.52. The topological polar surface area (TPSA) is 90.7 Å². The number of allylic oxidation sites excluding steroid dienone is 1. The summed E-state index contributed by atoms with van der Waals surface area (Å²) < 4.78 is 0. The van der Waals surface area contributed by atoms with Gasteiger partial charge in [-0.3, -0.25) is 4.79 Å². The molecule has 3 rings (SSSR count). The molecule has 0 radical (unpaired) electrons. The Labute approximate surface area is 153 Å². The third-order valence-corrected chi connectivity index (χ3v) is 4.28. The minimum absolute atomic E-state index is 0.230. The predicted octanol–water partition coefficient (Wildman–Crippen LogP) is 3.90. The highest BCUT2D eigenvalue weighted by atomic mass is 16.1. The average Bonchev–Trinajstić information content (AvgIpc) is 2.69. The Morgan fingerprint density at radius 2 is 2.12 bits per heavy atom. The van der Waals surface area contributed by atoms with E-state index in [0.717, 1.165) is 13.0 Å². The van der Waals surface area contributed by atoms with Crippen LogP contribution in [-0.4, -0.2) is 22.6 Å². The van der Waals surface area contributed by atoms with E-state index in [1.807, 2.05) is 6.07 Å². The summed E-state index contributed by atoms with van der Waals surface area (Å²) >= 11 is 0. The van der Waals surface area contributed by atoms with Gasteiger partial charge in [0.1, 0.15) is 5.82 Å². The molecule has 0 fully saturated rings. The largest absolute Gasteiger partial charge is 0.368 e. The second-order valence-electron chi connectivity index (χ2n) is 6.24. The highest BCUT2D eigenvalue weighted by Gasteiger charge is 2.09. The van der Waals surface area contributed by atoms with E-state index in [0.29, 0.717) is 17.1 Å². The number of nitriles is 1. The molecular weight excluding hydrogens is 326 g/mol. The third kappa shape index (κ3) is 4.90. The van der Waals surface area contributed by atoms with Crippen LogP contribution in [0.4, 0.5) is 11.5 Å². The van der Waals surface area contributed by atoms with Gasteiger partial charge in [-0.25, -0.2) is 0 Å². The van der Waals surface area contributed by atoms with Gasteiger partial charge in [-0.2, -0.15) is 5.26 Å². The number of aromatic nitrogens is 2. The standard InChI is InChI=1S/C20H21N5O/c21-14-16-7-4-8-17(13-16)23-20(26)18-9-10-19(25-24-18)22-12-11-15-5-2-1-3-6-15/h4-5,7-10,13H,1-3,6,11-12H2,(H,22,25)(H,23,26). The van der Waals surface area contributed by atoms with Crippen molar-refractivity contribution in [2.24, 2.45) is 0 Å². The van der Waals surface area contributed by atoms with E-state index >= 15 is 0 Å². The Morgan fingerprint density at radius 3 is 2.85 bits per heavy atom. The minimum atomic E-state index is -0.355. The van der Waals surface area contributed by atoms with Gasteiger partial charge >= 0.3 is 0 Å². The van der Waals surface area contributed by atoms with Gasteiger partial charge in [0, 0.05) is 12.2 Å². The predicted molar refractivity (Wildman–Crippen MR) is 101 cm³/mol. The minimum Gasteiger partial charge on any atom is -0.368 e. The van der Waals surface area contributed by atoms with Crippen LogP contribution in [0.15, 0.2) is 48.0 Å². The van der Waals surface area contributed by atoms with E-state index in [1.165, 1.54) is 31.3 Å². The van der Waals surface area contributed by atoms with Crippen LogP contribution >= 0.6 is 0 Å². The first-order valence-electron chi connectivity index (χ1n) is 8.81. The Hall–Kier alpha value is -3.20. The van der Waals surface area contributed by atoms with E-state index in [-0.39, 0.29) is 11.6 Å². The van der Waals surface area contributed by atoms with E-state index < -0.39 is 0 Å². The molecule has 1 aromatic carbocycles. The maximum Gasteiger partial charge on any atom is 0.276 e. The molecule has 0 aliphatic heterocycles. The Kier molecular flexibility index (Phi) is 5.94. The van der Waals surface area contributed by atoms with Crippen molar-refractivity contribution in [2.75, 3.05) is 17.2 Å². The fraction of sp³-hybridized carbons (Fsp3) is 0.300. The van der Waals surface area contributed by atoms with Crippen molar-refractivity contribution >= 4 is 17.4 Å². The molecule has 0 spiro atoms. The molecule has 0 saturated heterocycles. The van der Waals surface area contributed by atoms with Crippen LogP contribution in [0.5, 0.6) is 0 Å². The number of amides is 1. The van der Waals surface area contributed by atoms with Crippen molar-refractivity contribution in [1.82, 2.24) is 10.2 Å². The van der Waals surface area contributed by atoms with Crippen molar-refractivity contribution in [3.05, 3.63) is 59.3 Å². The molecule has 1 aliphatic rings. The zero-order valence-corrected chi connectivity index (χ0v) is 14.5. The molecule has 0 saturated carbocycles. The number of carbonyl (C=O) groups is 1. The molecule has 1 aromatic heterocycles. The van der Waals surface area contributed by atoms with Crippen molar-refractivity contribution in [3.8, 4) is 6.07 Å². The second-order valence-corrected chi connectivity index (χ2v) is 6.24. The zero-order valence-electron chi connectivity index (χ0n) is 14.5. The summed E-state index contributed by atoms with van der Waals surface area (Å²) in [7, 11) is 0. The monoisotopic (exact) mass is 347 g/mol. The molecule has 0 unspecified atom stereocenters. The molecule has 1 aliphatic carbocycles. The van der Waals surface area contributed by atoms with Crippen LogP contribution in [0.1, 0.15) is 48.2 Å². The van der Waals surface area contributed by atoms with Gasteiger partial charge in [-0.1, -0.05) is 17.7 Å². The first kappa shape index (κ1) is 17.6. The van der Waals surface area contributed by atoms with Crippen LogP contribution in [0.25, 0.3) is 0 Å². The summed E-state index contributed by atoms with van der Waals surface area (Å²) in [6.07, 6.45) is 8.32. The zero-order chi connectivity index (χ0) is 18.2. The number of anilines is 2. The first-order valence-corrected chi connectivity index (χ1v) is 8.81. The van der Waals surface area contributed by atoms with E-state index in [2.05, 4.69) is 26.9 Å². The van der Waals surface area contributed by atoms with E-state index in [9.17, 15) is 4.79 Å². The lowest BCUT2D eigenvalue weighted by Gasteiger charge is -2.13. The molecule has 1 amide bonds. The summed E-state index contributed by atoms with van der Waals surface area (Å²) in [6, 6.07) is 12.2. The Morgan fingerprint density at radius 1 is 1.19 bits per heavy atom. The van der Waals surface area contributed by atoms with E-state index in [1.54, 1.807) is 36.4 Å². The molecule has 6 nitrogen and oxygen atoms in total. The number of benzene rings is 1. The van der Waals surface area contributed by atoms with Crippen LogP contribution in [0, 0.1) is 11.3 Å².